The Morgan fingerprint density at radius 1 is 1.37 bits per heavy atom. The van der Waals surface area contributed by atoms with Crippen molar-refractivity contribution in [3.63, 3.8) is 0 Å². The molecule has 160 valence electrons. The number of nitrogens with two attached hydrogens (primary N) is 1. The molecule has 0 fully saturated rings. The van der Waals surface area contributed by atoms with Crippen molar-refractivity contribution >= 4 is 21.6 Å². The van der Waals surface area contributed by atoms with E-state index in [9.17, 15) is 13.4 Å². The minimum atomic E-state index is -3.57. The topological polar surface area (TPSA) is 112 Å². The number of urea groups is 1. The fourth-order valence-corrected chi connectivity index (χ4v) is 5.63. The van der Waals surface area contributed by atoms with Gasteiger partial charge in [0, 0.05) is 18.5 Å². The van der Waals surface area contributed by atoms with Crippen LogP contribution in [-0.2, 0) is 41.1 Å². The van der Waals surface area contributed by atoms with E-state index in [0.717, 1.165) is 41.5 Å². The zero-order chi connectivity index (χ0) is 21.3. The quantitative estimate of drug-likeness (QED) is 0.758. The van der Waals surface area contributed by atoms with Gasteiger partial charge in [-0.25, -0.2) is 23.2 Å². The number of hydrogen-bond donors (Lipinski definition) is 2. The van der Waals surface area contributed by atoms with Gasteiger partial charge in [0.05, 0.1) is 11.7 Å². The number of nitrogens with one attached hydrogen (secondary N) is 1. The minimum absolute atomic E-state index is 0.0931. The smallest absolute Gasteiger partial charge is 0.354 e. The van der Waals surface area contributed by atoms with Crippen LogP contribution in [0.15, 0.2) is 21.5 Å². The molecule has 8 nitrogen and oxygen atoms in total. The second kappa shape index (κ2) is 6.52. The van der Waals surface area contributed by atoms with Crippen molar-refractivity contribution in [2.24, 2.45) is 9.50 Å². The Labute approximate surface area is 174 Å². The molecule has 0 bridgehead atoms. The normalized spacial score (nSPS) is 22.6. The Balaban J connectivity index is 1.49. The molecule has 3 N–H and O–H groups in total. The second-order valence-electron chi connectivity index (χ2n) is 8.80. The predicted octanol–water partition coefficient (Wildman–Crippen LogP) is 2.87. The fraction of sp³-hybridized carbons (Fsp3) is 0.500. The minimum Gasteiger partial charge on any atom is -0.474 e. The van der Waals surface area contributed by atoms with Crippen molar-refractivity contribution in [1.82, 2.24) is 9.78 Å². The van der Waals surface area contributed by atoms with Crippen LogP contribution in [-0.4, -0.2) is 32.8 Å². The Morgan fingerprint density at radius 3 is 2.97 bits per heavy atom. The van der Waals surface area contributed by atoms with Gasteiger partial charge in [0.25, 0.3) is 0 Å². The first-order chi connectivity index (χ1) is 14.2. The number of ether oxygens (including phenoxy) is 1. The molecule has 0 saturated heterocycles. The van der Waals surface area contributed by atoms with Crippen LogP contribution < -0.4 is 15.2 Å². The summed E-state index contributed by atoms with van der Waals surface area (Å²) in [5, 5.41) is 12.9. The number of carbonyl (C=O) groups excluding carboxylic acids is 1. The molecule has 0 radical (unpaired) electrons. The van der Waals surface area contributed by atoms with Crippen molar-refractivity contribution in [3.8, 4) is 5.88 Å². The highest BCUT2D eigenvalue weighted by Gasteiger charge is 2.37. The Kier molecular flexibility index (Phi) is 4.24. The highest BCUT2D eigenvalue weighted by Crippen LogP contribution is 2.40. The lowest BCUT2D eigenvalue weighted by Gasteiger charge is -2.15. The molecule has 2 aromatic rings. The summed E-state index contributed by atoms with van der Waals surface area (Å²) in [4.78, 5) is 12.8. The van der Waals surface area contributed by atoms with Crippen LogP contribution in [0.1, 0.15) is 42.5 Å². The molecule has 1 aromatic carbocycles. The van der Waals surface area contributed by atoms with Crippen molar-refractivity contribution in [1.29, 1.82) is 0 Å². The molecule has 0 saturated carbocycles. The molecule has 10 heteroatoms. The summed E-state index contributed by atoms with van der Waals surface area (Å²) in [6, 6.07) is 1.25. The Morgan fingerprint density at radius 2 is 2.17 bits per heavy atom. The number of alkyl halides is 1. The Hall–Kier alpha value is -2.46. The van der Waals surface area contributed by atoms with E-state index in [-0.39, 0.29) is 17.2 Å². The first-order valence-corrected chi connectivity index (χ1v) is 11.6. The molecule has 2 aliphatic carbocycles. The summed E-state index contributed by atoms with van der Waals surface area (Å²) < 4.78 is 38.1. The number of carbonyl (C=O) groups is 1. The van der Waals surface area contributed by atoms with Gasteiger partial charge in [0.15, 0.2) is 9.92 Å². The largest absolute Gasteiger partial charge is 0.474 e. The zero-order valence-corrected chi connectivity index (χ0v) is 17.7. The molecule has 1 aliphatic heterocycles. The van der Waals surface area contributed by atoms with Gasteiger partial charge in [0.1, 0.15) is 17.7 Å². The van der Waals surface area contributed by atoms with Crippen LogP contribution in [0.2, 0.25) is 0 Å². The number of hydrogen-bond acceptors (Lipinski definition) is 4. The van der Waals surface area contributed by atoms with Crippen LogP contribution in [0.5, 0.6) is 5.88 Å². The van der Waals surface area contributed by atoms with Gasteiger partial charge in [0.2, 0.25) is 5.88 Å². The highest BCUT2D eigenvalue weighted by atomic mass is 32.2. The van der Waals surface area contributed by atoms with Crippen molar-refractivity contribution in [2.45, 2.75) is 62.6 Å². The van der Waals surface area contributed by atoms with Gasteiger partial charge in [-0.3, -0.25) is 0 Å². The van der Waals surface area contributed by atoms with E-state index >= 15 is 0 Å². The number of halogens is 1. The van der Waals surface area contributed by atoms with E-state index in [4.69, 9.17) is 9.88 Å². The summed E-state index contributed by atoms with van der Waals surface area (Å²) in [6.45, 7) is 4.21. The van der Waals surface area contributed by atoms with Crippen molar-refractivity contribution in [3.05, 3.63) is 34.5 Å². The van der Waals surface area contributed by atoms with E-state index in [1.165, 1.54) is 6.20 Å². The number of fused-ring (bicyclic) bond motifs is 3. The van der Waals surface area contributed by atoms with Gasteiger partial charge in [-0.2, -0.15) is 5.10 Å². The van der Waals surface area contributed by atoms with Crippen LogP contribution in [0.4, 0.5) is 14.9 Å². The average Bonchev–Trinajstić information content (AvgIpc) is 3.39. The van der Waals surface area contributed by atoms with Gasteiger partial charge >= 0.3 is 6.03 Å². The zero-order valence-electron chi connectivity index (χ0n) is 16.9. The molecule has 0 unspecified atom stereocenters. The molecule has 1 aromatic heterocycles. The molecule has 0 spiro atoms. The van der Waals surface area contributed by atoms with Crippen molar-refractivity contribution in [2.75, 3.05) is 11.9 Å². The van der Waals surface area contributed by atoms with Crippen LogP contribution >= 0.6 is 0 Å². The third kappa shape index (κ3) is 3.01. The number of amides is 2. The lowest BCUT2D eigenvalue weighted by Crippen LogP contribution is -2.26. The maximum absolute atomic E-state index is 14.0. The van der Waals surface area contributed by atoms with Gasteiger partial charge in [-0.1, -0.05) is 6.07 Å². The highest BCUT2D eigenvalue weighted by molar-refractivity contribution is 7.91. The molecule has 2 atom stereocenters. The number of anilines is 1. The number of nitrogens with zero attached hydrogens (tertiary/aromatic N) is 3. The monoisotopic (exact) mass is 433 g/mol. The molecule has 5 rings (SSSR count). The Bertz CT molecular complexity index is 1200. The van der Waals surface area contributed by atoms with E-state index in [0.29, 0.717) is 18.7 Å². The SMILES string of the molecule is CC1(C)COc2c([S@](N)(=O)=NC(=O)Nc3c4c(cc5c3C[C@H](F)C5)CCC4)cnn21. The number of aryl methyl sites for hydroxylation is 1. The standard InChI is InChI=1S/C20H24FN5O3S/c1-20(2)10-29-18-16(9-23-26(18)20)30(22,28)25-19(27)24-17-14-5-3-4-11(14)6-12-7-13(21)8-15(12)17/h6,9,13H,3-5,7-8,10H2,1-2H3,(H3,22,24,25,27,28)/t13-,30-/m1/s1. The van der Waals surface area contributed by atoms with E-state index in [1.807, 2.05) is 13.8 Å². The summed E-state index contributed by atoms with van der Waals surface area (Å²) in [5.41, 5.74) is 4.10. The second-order valence-corrected chi connectivity index (χ2v) is 10.6. The summed E-state index contributed by atoms with van der Waals surface area (Å²) >= 11 is 0. The van der Waals surface area contributed by atoms with E-state index < -0.39 is 27.7 Å². The fourth-order valence-electron chi connectivity index (χ4n) is 4.64. The van der Waals surface area contributed by atoms with Crippen molar-refractivity contribution < 1.29 is 18.1 Å². The van der Waals surface area contributed by atoms with E-state index in [1.54, 1.807) is 4.68 Å². The van der Waals surface area contributed by atoms with Crippen LogP contribution in [0.3, 0.4) is 0 Å². The molecule has 2 heterocycles. The third-order valence-electron chi connectivity index (χ3n) is 6.06. The molecular weight excluding hydrogens is 409 g/mol. The first kappa shape index (κ1) is 19.5. The maximum Gasteiger partial charge on any atom is 0.354 e. The van der Waals surface area contributed by atoms with Gasteiger partial charge in [-0.15, -0.1) is 4.36 Å². The number of aromatic nitrogens is 2. The summed E-state index contributed by atoms with van der Waals surface area (Å²) in [6.07, 6.45) is 3.70. The lowest BCUT2D eigenvalue weighted by atomic mass is 9.99. The lowest BCUT2D eigenvalue weighted by molar-refractivity contribution is 0.259. The van der Waals surface area contributed by atoms with Gasteiger partial charge in [-0.05, 0) is 55.4 Å². The third-order valence-corrected chi connectivity index (χ3v) is 7.41. The first-order valence-electron chi connectivity index (χ1n) is 10.0. The average molecular weight is 434 g/mol. The van der Waals surface area contributed by atoms with Crippen LogP contribution in [0, 0.1) is 0 Å². The van der Waals surface area contributed by atoms with Crippen LogP contribution in [0.25, 0.3) is 0 Å². The summed E-state index contributed by atoms with van der Waals surface area (Å²) in [5.74, 6) is 0.269. The molecule has 2 amide bonds. The molecule has 30 heavy (non-hydrogen) atoms. The number of rotatable bonds is 2. The molecular formula is C20H24FN5O3S. The van der Waals surface area contributed by atoms with Gasteiger partial charge < -0.3 is 10.1 Å². The number of benzene rings is 1. The van der Waals surface area contributed by atoms with E-state index in [2.05, 4.69) is 20.8 Å². The molecule has 3 aliphatic rings. The predicted molar refractivity (Wildman–Crippen MR) is 110 cm³/mol. The maximum atomic E-state index is 14.0. The summed E-state index contributed by atoms with van der Waals surface area (Å²) in [7, 11) is -3.57.